The highest BCUT2D eigenvalue weighted by Gasteiger charge is 2.15. The number of carbonyl (C=O) groups excluding carboxylic acids is 1. The Balaban J connectivity index is 1.59. The monoisotopic (exact) mass is 394 g/mol. The summed E-state index contributed by atoms with van der Waals surface area (Å²) < 4.78 is 11.3. The Morgan fingerprint density at radius 3 is 2.55 bits per heavy atom. The zero-order valence-corrected chi connectivity index (χ0v) is 16.3. The molecule has 29 heavy (non-hydrogen) atoms. The van der Waals surface area contributed by atoms with Gasteiger partial charge < -0.3 is 14.5 Å². The molecule has 0 saturated heterocycles. The summed E-state index contributed by atoms with van der Waals surface area (Å²) in [5.41, 5.74) is 2.31. The first kappa shape index (κ1) is 20.1. The van der Waals surface area contributed by atoms with Gasteiger partial charge in [-0.3, -0.25) is 14.9 Å². The smallest absolute Gasteiger partial charge is 0.291 e. The van der Waals surface area contributed by atoms with Gasteiger partial charge in [-0.1, -0.05) is 25.5 Å². The highest BCUT2D eigenvalue weighted by atomic mass is 16.6. The van der Waals surface area contributed by atoms with E-state index in [1.54, 1.807) is 19.1 Å². The van der Waals surface area contributed by atoms with Crippen molar-refractivity contribution >= 4 is 17.3 Å². The first-order valence-electron chi connectivity index (χ1n) is 9.33. The van der Waals surface area contributed by atoms with Crippen LogP contribution in [0.4, 0.5) is 11.4 Å². The molecule has 3 aromatic rings. The predicted octanol–water partition coefficient (Wildman–Crippen LogP) is 5.28. The molecule has 3 rings (SSSR count). The molecule has 1 heterocycles. The molecule has 2 aromatic carbocycles. The first-order valence-corrected chi connectivity index (χ1v) is 9.33. The number of rotatable bonds is 8. The molecule has 0 aliphatic rings. The number of anilines is 1. The minimum atomic E-state index is -0.477. The molecule has 7 nitrogen and oxygen atoms in total. The van der Waals surface area contributed by atoms with Crippen LogP contribution in [0.25, 0.3) is 0 Å². The Kier molecular flexibility index (Phi) is 6.29. The Morgan fingerprint density at radius 2 is 1.90 bits per heavy atom. The number of aryl methyl sites for hydroxylation is 2. The summed E-state index contributed by atoms with van der Waals surface area (Å²) in [5.74, 6) is 0.957. The first-order chi connectivity index (χ1) is 14.0. The SMILES string of the molecule is CCCc1ccc(OCc2ccc(C(=O)Nc3ccc([N+](=O)[O-])cc3C)o2)cc1. The maximum atomic E-state index is 12.4. The second kappa shape index (κ2) is 9.05. The van der Waals surface area contributed by atoms with Gasteiger partial charge in [-0.15, -0.1) is 0 Å². The molecule has 150 valence electrons. The van der Waals surface area contributed by atoms with E-state index in [9.17, 15) is 14.9 Å². The van der Waals surface area contributed by atoms with Crippen LogP contribution in [0.2, 0.25) is 0 Å². The van der Waals surface area contributed by atoms with Gasteiger partial charge >= 0.3 is 0 Å². The number of ether oxygens (including phenoxy) is 1. The van der Waals surface area contributed by atoms with Gasteiger partial charge in [-0.05, 0) is 54.8 Å². The number of non-ortho nitro benzene ring substituents is 1. The minimum Gasteiger partial charge on any atom is -0.486 e. The van der Waals surface area contributed by atoms with Crippen molar-refractivity contribution in [3.05, 3.63) is 87.4 Å². The Morgan fingerprint density at radius 1 is 1.14 bits per heavy atom. The zero-order chi connectivity index (χ0) is 20.8. The molecule has 0 aliphatic heterocycles. The van der Waals surface area contributed by atoms with Crippen LogP contribution in [0.5, 0.6) is 5.75 Å². The number of hydrogen-bond acceptors (Lipinski definition) is 5. The van der Waals surface area contributed by atoms with E-state index in [4.69, 9.17) is 9.15 Å². The normalized spacial score (nSPS) is 10.6. The number of nitro groups is 1. The van der Waals surface area contributed by atoms with Gasteiger partial charge in [0, 0.05) is 17.8 Å². The maximum Gasteiger partial charge on any atom is 0.291 e. The average molecular weight is 394 g/mol. The van der Waals surface area contributed by atoms with E-state index in [2.05, 4.69) is 12.2 Å². The van der Waals surface area contributed by atoms with E-state index in [1.807, 2.05) is 24.3 Å². The summed E-state index contributed by atoms with van der Waals surface area (Å²) in [6, 6.07) is 15.4. The van der Waals surface area contributed by atoms with Crippen molar-refractivity contribution in [2.45, 2.75) is 33.3 Å². The fraction of sp³-hybridized carbons (Fsp3) is 0.227. The third-order valence-corrected chi connectivity index (χ3v) is 4.40. The van der Waals surface area contributed by atoms with Crippen LogP contribution in [0.1, 0.15) is 40.8 Å². The molecule has 0 atom stereocenters. The summed E-state index contributed by atoms with van der Waals surface area (Å²) in [5, 5.41) is 13.5. The molecule has 1 amide bonds. The van der Waals surface area contributed by atoms with Gasteiger partial charge in [0.25, 0.3) is 11.6 Å². The Hall–Kier alpha value is -3.61. The van der Waals surface area contributed by atoms with E-state index >= 15 is 0 Å². The Bertz CT molecular complexity index is 1010. The standard InChI is InChI=1S/C22H22N2O5/c1-3-4-16-5-8-18(9-6-16)28-14-19-10-12-21(29-19)22(25)23-20-11-7-17(24(26)27)13-15(20)2/h5-13H,3-4,14H2,1-2H3,(H,23,25). The largest absolute Gasteiger partial charge is 0.486 e. The quantitative estimate of drug-likeness (QED) is 0.414. The predicted molar refractivity (Wildman–Crippen MR) is 109 cm³/mol. The van der Waals surface area contributed by atoms with Gasteiger partial charge in [0.15, 0.2) is 5.76 Å². The summed E-state index contributed by atoms with van der Waals surface area (Å²) >= 11 is 0. The van der Waals surface area contributed by atoms with Crippen LogP contribution in [0.15, 0.2) is 59.0 Å². The molecule has 0 unspecified atom stereocenters. The zero-order valence-electron chi connectivity index (χ0n) is 16.3. The molecular weight excluding hydrogens is 372 g/mol. The Labute approximate surface area is 168 Å². The van der Waals surface area contributed by atoms with Crippen molar-refractivity contribution in [3.63, 3.8) is 0 Å². The van der Waals surface area contributed by atoms with Crippen LogP contribution in [0.3, 0.4) is 0 Å². The van der Waals surface area contributed by atoms with Crippen molar-refractivity contribution in [1.29, 1.82) is 0 Å². The third kappa shape index (κ3) is 5.22. The van der Waals surface area contributed by atoms with Crippen molar-refractivity contribution in [1.82, 2.24) is 0 Å². The van der Waals surface area contributed by atoms with Crippen LogP contribution in [-0.4, -0.2) is 10.8 Å². The molecule has 0 aliphatic carbocycles. The fourth-order valence-electron chi connectivity index (χ4n) is 2.86. The summed E-state index contributed by atoms with van der Waals surface area (Å²) in [4.78, 5) is 22.7. The lowest BCUT2D eigenvalue weighted by Crippen LogP contribution is -2.12. The molecule has 0 saturated carbocycles. The van der Waals surface area contributed by atoms with Gasteiger partial charge in [-0.25, -0.2) is 0 Å². The number of furan rings is 1. The fourth-order valence-corrected chi connectivity index (χ4v) is 2.86. The van der Waals surface area contributed by atoms with Crippen LogP contribution >= 0.6 is 0 Å². The van der Waals surface area contributed by atoms with E-state index in [1.165, 1.54) is 23.8 Å². The van der Waals surface area contributed by atoms with Crippen LogP contribution in [0, 0.1) is 17.0 Å². The molecule has 0 spiro atoms. The van der Waals surface area contributed by atoms with Crippen molar-refractivity contribution in [3.8, 4) is 5.75 Å². The van der Waals surface area contributed by atoms with Crippen molar-refractivity contribution in [2.24, 2.45) is 0 Å². The van der Waals surface area contributed by atoms with E-state index in [-0.39, 0.29) is 18.1 Å². The van der Waals surface area contributed by atoms with Crippen LogP contribution in [-0.2, 0) is 13.0 Å². The highest BCUT2D eigenvalue weighted by Crippen LogP contribution is 2.22. The second-order valence-electron chi connectivity index (χ2n) is 6.66. The molecule has 0 radical (unpaired) electrons. The molecule has 1 aromatic heterocycles. The van der Waals surface area contributed by atoms with Crippen LogP contribution < -0.4 is 10.1 Å². The third-order valence-electron chi connectivity index (χ3n) is 4.40. The van der Waals surface area contributed by atoms with Gasteiger partial charge in [0.05, 0.1) is 4.92 Å². The molecule has 0 fully saturated rings. The number of benzene rings is 2. The van der Waals surface area contributed by atoms with Gasteiger partial charge in [0.1, 0.15) is 18.1 Å². The van der Waals surface area contributed by atoms with Crippen molar-refractivity contribution in [2.75, 3.05) is 5.32 Å². The number of nitrogens with zero attached hydrogens (tertiary/aromatic N) is 1. The summed E-state index contributed by atoms with van der Waals surface area (Å²) in [6.45, 7) is 4.03. The lowest BCUT2D eigenvalue weighted by Gasteiger charge is -2.07. The molecule has 1 N–H and O–H groups in total. The van der Waals surface area contributed by atoms with E-state index in [0.717, 1.165) is 18.6 Å². The summed E-state index contributed by atoms with van der Waals surface area (Å²) in [7, 11) is 0. The molecular formula is C22H22N2O5. The van der Waals surface area contributed by atoms with E-state index in [0.29, 0.717) is 17.0 Å². The number of hydrogen-bond donors (Lipinski definition) is 1. The van der Waals surface area contributed by atoms with E-state index < -0.39 is 10.8 Å². The maximum absolute atomic E-state index is 12.4. The number of carbonyl (C=O) groups is 1. The highest BCUT2D eigenvalue weighted by molar-refractivity contribution is 6.02. The lowest BCUT2D eigenvalue weighted by atomic mass is 10.1. The second-order valence-corrected chi connectivity index (χ2v) is 6.66. The number of amides is 1. The average Bonchev–Trinajstić information content (AvgIpc) is 3.18. The lowest BCUT2D eigenvalue weighted by molar-refractivity contribution is -0.384. The van der Waals surface area contributed by atoms with Gasteiger partial charge in [0.2, 0.25) is 0 Å². The molecule has 7 heteroatoms. The summed E-state index contributed by atoms with van der Waals surface area (Å²) in [6.07, 6.45) is 2.13. The van der Waals surface area contributed by atoms with Gasteiger partial charge in [-0.2, -0.15) is 0 Å². The van der Waals surface area contributed by atoms with Crippen molar-refractivity contribution < 1.29 is 18.9 Å². The minimum absolute atomic E-state index is 0.0272. The number of nitrogens with one attached hydrogen (secondary N) is 1. The topological polar surface area (TPSA) is 94.6 Å². The number of nitro benzene ring substituents is 1. The molecule has 0 bridgehead atoms.